The number of carbonyl (C=O) groups excluding carboxylic acids is 3. The number of hydrogen-bond acceptors (Lipinski definition) is 4. The van der Waals surface area contributed by atoms with Crippen LogP contribution in [0.3, 0.4) is 0 Å². The number of furan rings is 1. The van der Waals surface area contributed by atoms with Crippen LogP contribution >= 0.6 is 0 Å². The van der Waals surface area contributed by atoms with E-state index in [4.69, 9.17) is 4.42 Å². The Morgan fingerprint density at radius 3 is 2.75 bits per heavy atom. The molecule has 1 saturated heterocycles. The minimum Gasteiger partial charge on any atom is -0.467 e. The van der Waals surface area contributed by atoms with Gasteiger partial charge >= 0.3 is 6.03 Å². The zero-order chi connectivity index (χ0) is 14.1. The molecular weight excluding hydrogens is 262 g/mol. The number of amides is 4. The molecule has 2 N–H and O–H groups in total. The summed E-state index contributed by atoms with van der Waals surface area (Å²) >= 11 is 0. The van der Waals surface area contributed by atoms with Crippen molar-refractivity contribution in [3.63, 3.8) is 0 Å². The van der Waals surface area contributed by atoms with Crippen LogP contribution in [0.15, 0.2) is 22.8 Å². The minimum atomic E-state index is -0.771. The summed E-state index contributed by atoms with van der Waals surface area (Å²) in [5.74, 6) is 0.119. The summed E-state index contributed by atoms with van der Waals surface area (Å²) in [4.78, 5) is 36.5. The van der Waals surface area contributed by atoms with E-state index >= 15 is 0 Å². The number of urea groups is 1. The van der Waals surface area contributed by atoms with Crippen LogP contribution in [0.25, 0.3) is 0 Å². The van der Waals surface area contributed by atoms with Crippen LogP contribution in [0.5, 0.6) is 0 Å². The summed E-state index contributed by atoms with van der Waals surface area (Å²) in [5, 5.41) is 4.56. The van der Waals surface area contributed by atoms with E-state index in [-0.39, 0.29) is 18.4 Å². The molecule has 1 aromatic heterocycles. The lowest BCUT2D eigenvalue weighted by Gasteiger charge is -2.22. The lowest BCUT2D eigenvalue weighted by atomic mass is 10.2. The average molecular weight is 277 g/mol. The van der Waals surface area contributed by atoms with Gasteiger partial charge in [0.1, 0.15) is 11.8 Å². The molecular formula is C13H15N3O4. The molecule has 106 valence electrons. The maximum Gasteiger partial charge on any atom is 0.322 e. The molecule has 1 aliphatic carbocycles. The molecule has 20 heavy (non-hydrogen) atoms. The van der Waals surface area contributed by atoms with Gasteiger partial charge in [-0.25, -0.2) is 4.79 Å². The molecule has 3 rings (SSSR count). The number of rotatable bonds is 5. The van der Waals surface area contributed by atoms with Gasteiger partial charge in [-0.1, -0.05) is 0 Å². The Kier molecular flexibility index (Phi) is 3.17. The van der Waals surface area contributed by atoms with Crippen LogP contribution in [-0.4, -0.2) is 34.8 Å². The number of carbonyl (C=O) groups is 3. The van der Waals surface area contributed by atoms with Gasteiger partial charge in [-0.2, -0.15) is 0 Å². The van der Waals surface area contributed by atoms with E-state index < -0.39 is 18.0 Å². The molecule has 2 fully saturated rings. The third-order valence-corrected chi connectivity index (χ3v) is 3.45. The molecule has 2 aliphatic rings. The number of hydrogen-bond donors (Lipinski definition) is 2. The van der Waals surface area contributed by atoms with Crippen molar-refractivity contribution in [2.24, 2.45) is 0 Å². The van der Waals surface area contributed by atoms with Gasteiger partial charge in [-0.3, -0.25) is 14.9 Å². The van der Waals surface area contributed by atoms with Crippen LogP contribution in [0.2, 0.25) is 0 Å². The summed E-state index contributed by atoms with van der Waals surface area (Å²) in [5.41, 5.74) is 0. The van der Waals surface area contributed by atoms with E-state index in [1.165, 1.54) is 0 Å². The first kappa shape index (κ1) is 12.7. The van der Waals surface area contributed by atoms with Crippen molar-refractivity contribution in [2.75, 3.05) is 0 Å². The Bertz CT molecular complexity index is 536. The van der Waals surface area contributed by atoms with Crippen molar-refractivity contribution in [2.45, 2.75) is 37.9 Å². The van der Waals surface area contributed by atoms with Gasteiger partial charge in [0, 0.05) is 6.04 Å². The fraction of sp³-hybridized carbons (Fsp3) is 0.462. The molecule has 0 bridgehead atoms. The molecule has 1 aliphatic heterocycles. The summed E-state index contributed by atoms with van der Waals surface area (Å²) in [7, 11) is 0. The van der Waals surface area contributed by atoms with Gasteiger partial charge in [0.2, 0.25) is 5.91 Å². The highest BCUT2D eigenvalue weighted by atomic mass is 16.3. The van der Waals surface area contributed by atoms with E-state index in [9.17, 15) is 14.4 Å². The van der Waals surface area contributed by atoms with Gasteiger partial charge < -0.3 is 14.6 Å². The smallest absolute Gasteiger partial charge is 0.322 e. The third-order valence-electron chi connectivity index (χ3n) is 3.45. The Morgan fingerprint density at radius 2 is 2.20 bits per heavy atom. The Labute approximate surface area is 115 Å². The Morgan fingerprint density at radius 1 is 1.40 bits per heavy atom. The standard InChI is InChI=1S/C13H15N3O4/c17-11(6-10-12(18)15-13(19)14-10)16(8-3-4-8)7-9-2-1-5-20-9/h1-2,5,8,10H,3-4,6-7H2,(H2,14,15,18,19). The maximum absolute atomic E-state index is 12.3. The molecule has 1 saturated carbocycles. The summed E-state index contributed by atoms with van der Waals surface area (Å²) in [6.07, 6.45) is 3.48. The molecule has 7 nitrogen and oxygen atoms in total. The first-order chi connectivity index (χ1) is 9.63. The zero-order valence-electron chi connectivity index (χ0n) is 10.8. The van der Waals surface area contributed by atoms with E-state index in [1.807, 2.05) is 6.07 Å². The maximum atomic E-state index is 12.3. The molecule has 4 amide bonds. The van der Waals surface area contributed by atoms with Crippen molar-refractivity contribution in [1.29, 1.82) is 0 Å². The lowest BCUT2D eigenvalue weighted by molar-refractivity contribution is -0.135. The predicted molar refractivity (Wildman–Crippen MR) is 67.4 cm³/mol. The lowest BCUT2D eigenvalue weighted by Crippen LogP contribution is -2.39. The highest BCUT2D eigenvalue weighted by Crippen LogP contribution is 2.29. The molecule has 1 aromatic rings. The van der Waals surface area contributed by atoms with Crippen LogP contribution in [0.1, 0.15) is 25.0 Å². The SMILES string of the molecule is O=C1NC(=O)C(CC(=O)N(Cc2ccco2)C2CC2)N1. The summed E-state index contributed by atoms with van der Waals surface area (Å²) < 4.78 is 5.26. The van der Waals surface area contributed by atoms with Crippen molar-refractivity contribution in [3.8, 4) is 0 Å². The topological polar surface area (TPSA) is 91.7 Å². The largest absolute Gasteiger partial charge is 0.467 e. The number of nitrogens with zero attached hydrogens (tertiary/aromatic N) is 1. The predicted octanol–water partition coefficient (Wildman–Crippen LogP) is 0.369. The normalized spacial score (nSPS) is 21.5. The first-order valence-corrected chi connectivity index (χ1v) is 6.56. The van der Waals surface area contributed by atoms with Gasteiger partial charge in [-0.15, -0.1) is 0 Å². The third kappa shape index (κ3) is 2.66. The van der Waals surface area contributed by atoms with Crippen molar-refractivity contribution < 1.29 is 18.8 Å². The fourth-order valence-electron chi connectivity index (χ4n) is 2.27. The monoisotopic (exact) mass is 277 g/mol. The van der Waals surface area contributed by atoms with Crippen molar-refractivity contribution in [3.05, 3.63) is 24.2 Å². The molecule has 2 heterocycles. The molecule has 1 atom stereocenters. The quantitative estimate of drug-likeness (QED) is 0.761. The molecule has 0 radical (unpaired) electrons. The fourth-order valence-corrected chi connectivity index (χ4v) is 2.27. The number of nitrogens with one attached hydrogen (secondary N) is 2. The Balaban J connectivity index is 1.64. The van der Waals surface area contributed by atoms with Gasteiger partial charge in [0.25, 0.3) is 5.91 Å². The van der Waals surface area contributed by atoms with E-state index in [0.717, 1.165) is 12.8 Å². The van der Waals surface area contributed by atoms with E-state index in [0.29, 0.717) is 12.3 Å². The van der Waals surface area contributed by atoms with Crippen molar-refractivity contribution in [1.82, 2.24) is 15.5 Å². The Hall–Kier alpha value is -2.31. The van der Waals surface area contributed by atoms with Gasteiger partial charge in [-0.05, 0) is 25.0 Å². The minimum absolute atomic E-state index is 0.0191. The summed E-state index contributed by atoms with van der Waals surface area (Å²) in [6, 6.07) is 2.49. The molecule has 7 heteroatoms. The highest BCUT2D eigenvalue weighted by molar-refractivity contribution is 6.05. The zero-order valence-corrected chi connectivity index (χ0v) is 10.8. The van der Waals surface area contributed by atoms with Crippen LogP contribution < -0.4 is 10.6 Å². The average Bonchev–Trinajstić information content (AvgIpc) is 3.01. The van der Waals surface area contributed by atoms with E-state index in [1.54, 1.807) is 17.2 Å². The van der Waals surface area contributed by atoms with Crippen LogP contribution in [0.4, 0.5) is 4.79 Å². The molecule has 0 spiro atoms. The van der Waals surface area contributed by atoms with Gasteiger partial charge in [0.15, 0.2) is 0 Å². The van der Waals surface area contributed by atoms with Crippen LogP contribution in [-0.2, 0) is 16.1 Å². The van der Waals surface area contributed by atoms with Crippen molar-refractivity contribution >= 4 is 17.8 Å². The second kappa shape index (κ2) is 4.99. The molecule has 1 unspecified atom stereocenters. The molecule has 0 aromatic carbocycles. The van der Waals surface area contributed by atoms with E-state index in [2.05, 4.69) is 10.6 Å². The first-order valence-electron chi connectivity index (χ1n) is 6.56. The van der Waals surface area contributed by atoms with Gasteiger partial charge in [0.05, 0.1) is 19.2 Å². The highest BCUT2D eigenvalue weighted by Gasteiger charge is 2.37. The second-order valence-corrected chi connectivity index (χ2v) is 5.05. The van der Waals surface area contributed by atoms with Crippen LogP contribution in [0, 0.1) is 0 Å². The summed E-state index contributed by atoms with van der Waals surface area (Å²) in [6.45, 7) is 0.402. The number of imide groups is 1. The second-order valence-electron chi connectivity index (χ2n) is 5.05.